The van der Waals surface area contributed by atoms with Gasteiger partial charge in [0.1, 0.15) is 0 Å². The lowest BCUT2D eigenvalue weighted by molar-refractivity contribution is 0.0409. The minimum absolute atomic E-state index is 0.296. The summed E-state index contributed by atoms with van der Waals surface area (Å²) in [6.07, 6.45) is 1.54. The summed E-state index contributed by atoms with van der Waals surface area (Å²) in [6, 6.07) is 3.21. The first kappa shape index (κ1) is 18.9. The average Bonchev–Trinajstić information content (AvgIpc) is 2.40. The Morgan fingerprint density at radius 3 is 2.48 bits per heavy atom. The van der Waals surface area contributed by atoms with Crippen molar-refractivity contribution in [2.24, 2.45) is 5.92 Å². The van der Waals surface area contributed by atoms with Crippen LogP contribution < -0.4 is 5.32 Å². The Morgan fingerprint density at radius 1 is 1.14 bits per heavy atom. The van der Waals surface area contributed by atoms with E-state index in [-0.39, 0.29) is 0 Å². The van der Waals surface area contributed by atoms with Gasteiger partial charge in [-0.15, -0.1) is 0 Å². The zero-order valence-electron chi connectivity index (χ0n) is 12.3. The van der Waals surface area contributed by atoms with Crippen LogP contribution in [-0.2, 0) is 4.74 Å². The van der Waals surface area contributed by atoms with E-state index >= 15 is 0 Å². The summed E-state index contributed by atoms with van der Waals surface area (Å²) < 4.78 is 5.44. The van der Waals surface area contributed by atoms with Gasteiger partial charge in [0.05, 0.1) is 33.5 Å². The predicted octanol–water partition coefficient (Wildman–Crippen LogP) is 4.87. The second-order valence-corrected chi connectivity index (χ2v) is 6.61. The Bertz CT molecular complexity index is 441. The molecule has 0 aliphatic heterocycles. The lowest BCUT2D eigenvalue weighted by Crippen LogP contribution is -2.25. The molecule has 0 fully saturated rings. The normalized spacial score (nSPS) is 12.7. The summed E-state index contributed by atoms with van der Waals surface area (Å²) in [5.41, 5.74) is 0.643. The highest BCUT2D eigenvalue weighted by atomic mass is 35.5. The van der Waals surface area contributed by atoms with Gasteiger partial charge in [-0.2, -0.15) is 0 Å². The molecule has 0 aliphatic rings. The number of rotatable bonds is 9. The summed E-state index contributed by atoms with van der Waals surface area (Å²) >= 11 is 17.8. The molecule has 0 spiro atoms. The molecule has 0 saturated carbocycles. The Labute approximate surface area is 141 Å². The van der Waals surface area contributed by atoms with Crippen molar-refractivity contribution in [1.29, 1.82) is 0 Å². The molecule has 0 amide bonds. The van der Waals surface area contributed by atoms with Crippen molar-refractivity contribution in [2.75, 3.05) is 25.1 Å². The quantitative estimate of drug-likeness (QED) is 0.491. The lowest BCUT2D eigenvalue weighted by Gasteiger charge is -2.15. The topological polar surface area (TPSA) is 41.5 Å². The Kier molecular flexibility index (Phi) is 8.76. The molecule has 0 bridgehead atoms. The van der Waals surface area contributed by atoms with Crippen LogP contribution in [0.15, 0.2) is 12.1 Å². The van der Waals surface area contributed by atoms with E-state index in [0.717, 1.165) is 12.8 Å². The third kappa shape index (κ3) is 7.57. The molecule has 1 rings (SSSR count). The second-order valence-electron chi connectivity index (χ2n) is 5.39. The number of hydrogen-bond acceptors (Lipinski definition) is 3. The van der Waals surface area contributed by atoms with Crippen LogP contribution >= 0.6 is 34.8 Å². The molecule has 2 N–H and O–H groups in total. The van der Waals surface area contributed by atoms with Gasteiger partial charge in [0.2, 0.25) is 0 Å². The molecule has 1 aromatic rings. The number of anilines is 1. The summed E-state index contributed by atoms with van der Waals surface area (Å²) in [7, 11) is 0. The monoisotopic (exact) mass is 353 g/mol. The fraction of sp³-hybridized carbons (Fsp3) is 0.600. The minimum Gasteiger partial charge on any atom is -0.389 e. The fourth-order valence-electron chi connectivity index (χ4n) is 1.76. The number of nitrogens with one attached hydrogen (secondary N) is 1. The first-order valence-corrected chi connectivity index (χ1v) is 8.17. The van der Waals surface area contributed by atoms with Crippen molar-refractivity contribution >= 4 is 40.5 Å². The molecule has 0 saturated heterocycles. The van der Waals surface area contributed by atoms with Gasteiger partial charge in [-0.3, -0.25) is 0 Å². The van der Waals surface area contributed by atoms with Gasteiger partial charge in [-0.1, -0.05) is 48.7 Å². The summed E-state index contributed by atoms with van der Waals surface area (Å²) in [6.45, 7) is 5.66. The number of benzene rings is 1. The Hall–Kier alpha value is -0.190. The third-order valence-corrected chi connectivity index (χ3v) is 3.95. The molecule has 6 heteroatoms. The van der Waals surface area contributed by atoms with E-state index in [1.807, 2.05) is 0 Å². The lowest BCUT2D eigenvalue weighted by atomic mass is 10.1. The van der Waals surface area contributed by atoms with E-state index in [9.17, 15) is 5.11 Å². The first-order chi connectivity index (χ1) is 9.90. The van der Waals surface area contributed by atoms with E-state index < -0.39 is 6.10 Å². The predicted molar refractivity (Wildman–Crippen MR) is 90.9 cm³/mol. The van der Waals surface area contributed by atoms with Crippen LogP contribution in [0.25, 0.3) is 0 Å². The number of ether oxygens (including phenoxy) is 1. The second kappa shape index (κ2) is 9.75. The molecular weight excluding hydrogens is 333 g/mol. The van der Waals surface area contributed by atoms with Crippen LogP contribution in [0.5, 0.6) is 0 Å². The zero-order chi connectivity index (χ0) is 15.8. The average molecular weight is 355 g/mol. The smallest absolute Gasteiger partial charge is 0.0945 e. The number of aliphatic hydroxyl groups excluding tert-OH is 1. The highest BCUT2D eigenvalue weighted by Crippen LogP contribution is 2.32. The first-order valence-electron chi connectivity index (χ1n) is 7.04. The molecule has 1 unspecified atom stereocenters. The van der Waals surface area contributed by atoms with Gasteiger partial charge < -0.3 is 15.2 Å². The standard InChI is InChI=1S/C15H22Cl3NO2/c1-10(2)4-3-5-21-9-11(20)8-19-15-7-13(17)12(16)6-14(15)18/h6-7,10-11,19-20H,3-5,8-9H2,1-2H3. The molecule has 1 aromatic carbocycles. The highest BCUT2D eigenvalue weighted by Gasteiger charge is 2.09. The fourth-order valence-corrected chi connectivity index (χ4v) is 2.37. The van der Waals surface area contributed by atoms with Crippen molar-refractivity contribution < 1.29 is 9.84 Å². The van der Waals surface area contributed by atoms with Gasteiger partial charge in [-0.25, -0.2) is 0 Å². The van der Waals surface area contributed by atoms with Crippen LogP contribution in [0, 0.1) is 5.92 Å². The molecule has 3 nitrogen and oxygen atoms in total. The van der Waals surface area contributed by atoms with Crippen LogP contribution in [0.2, 0.25) is 15.1 Å². The van der Waals surface area contributed by atoms with E-state index in [2.05, 4.69) is 19.2 Å². The molecule has 0 aromatic heterocycles. The van der Waals surface area contributed by atoms with Crippen LogP contribution in [-0.4, -0.2) is 31.0 Å². The van der Waals surface area contributed by atoms with E-state index in [1.54, 1.807) is 12.1 Å². The minimum atomic E-state index is -0.602. The Balaban J connectivity index is 2.27. The van der Waals surface area contributed by atoms with Gasteiger partial charge in [0.25, 0.3) is 0 Å². The van der Waals surface area contributed by atoms with Crippen molar-refractivity contribution in [3.8, 4) is 0 Å². The molecule has 1 atom stereocenters. The maximum atomic E-state index is 9.84. The number of halogens is 3. The summed E-state index contributed by atoms with van der Waals surface area (Å²) in [5, 5.41) is 14.2. The van der Waals surface area contributed by atoms with E-state index in [1.165, 1.54) is 0 Å². The highest BCUT2D eigenvalue weighted by molar-refractivity contribution is 6.44. The van der Waals surface area contributed by atoms with Crippen molar-refractivity contribution in [2.45, 2.75) is 32.8 Å². The molecule has 21 heavy (non-hydrogen) atoms. The van der Waals surface area contributed by atoms with Crippen molar-refractivity contribution in [3.05, 3.63) is 27.2 Å². The third-order valence-electron chi connectivity index (χ3n) is 2.92. The maximum Gasteiger partial charge on any atom is 0.0945 e. The van der Waals surface area contributed by atoms with Gasteiger partial charge in [0.15, 0.2) is 0 Å². The van der Waals surface area contributed by atoms with Gasteiger partial charge >= 0.3 is 0 Å². The van der Waals surface area contributed by atoms with Gasteiger partial charge in [-0.05, 0) is 30.9 Å². The van der Waals surface area contributed by atoms with Crippen LogP contribution in [0.3, 0.4) is 0 Å². The number of aliphatic hydroxyl groups is 1. The molecule has 120 valence electrons. The zero-order valence-corrected chi connectivity index (χ0v) is 14.6. The number of hydrogen-bond donors (Lipinski definition) is 2. The molecule has 0 heterocycles. The van der Waals surface area contributed by atoms with Crippen LogP contribution in [0.4, 0.5) is 5.69 Å². The molecular formula is C15H22Cl3NO2. The van der Waals surface area contributed by atoms with Crippen molar-refractivity contribution in [1.82, 2.24) is 0 Å². The molecule has 0 aliphatic carbocycles. The molecule has 0 radical (unpaired) electrons. The van der Waals surface area contributed by atoms with Gasteiger partial charge in [0, 0.05) is 13.2 Å². The summed E-state index contributed by atoms with van der Waals surface area (Å²) in [5.74, 6) is 0.678. The Morgan fingerprint density at radius 2 is 1.81 bits per heavy atom. The van der Waals surface area contributed by atoms with E-state index in [4.69, 9.17) is 39.5 Å². The SMILES string of the molecule is CC(C)CCCOCC(O)CNc1cc(Cl)c(Cl)cc1Cl. The van der Waals surface area contributed by atoms with E-state index in [0.29, 0.717) is 46.4 Å². The van der Waals surface area contributed by atoms with Crippen molar-refractivity contribution in [3.63, 3.8) is 0 Å². The largest absolute Gasteiger partial charge is 0.389 e. The summed E-state index contributed by atoms with van der Waals surface area (Å²) in [4.78, 5) is 0. The maximum absolute atomic E-state index is 9.84. The van der Waals surface area contributed by atoms with Crippen LogP contribution in [0.1, 0.15) is 26.7 Å².